The molecule has 2 rings (SSSR count). The van der Waals surface area contributed by atoms with Crippen molar-refractivity contribution in [3.63, 3.8) is 0 Å². The van der Waals surface area contributed by atoms with Crippen molar-refractivity contribution < 1.29 is 9.90 Å². The molecule has 0 radical (unpaired) electrons. The van der Waals surface area contributed by atoms with Crippen LogP contribution in [-0.2, 0) is 4.79 Å². The van der Waals surface area contributed by atoms with E-state index in [2.05, 4.69) is 6.92 Å². The summed E-state index contributed by atoms with van der Waals surface area (Å²) in [6.45, 7) is 2.06. The second-order valence-electron chi connectivity index (χ2n) is 5.36. The maximum absolute atomic E-state index is 11.6. The zero-order chi connectivity index (χ0) is 10.9. The van der Waals surface area contributed by atoms with Gasteiger partial charge >= 0.3 is 5.97 Å². The van der Waals surface area contributed by atoms with Crippen molar-refractivity contribution in [2.45, 2.75) is 58.3 Å². The molecule has 2 heteroatoms. The second kappa shape index (κ2) is 4.15. The molecular weight excluding hydrogens is 188 g/mol. The summed E-state index contributed by atoms with van der Waals surface area (Å²) in [6.07, 6.45) is 9.14. The minimum Gasteiger partial charge on any atom is -0.481 e. The Morgan fingerprint density at radius 1 is 1.27 bits per heavy atom. The van der Waals surface area contributed by atoms with Crippen LogP contribution in [0.15, 0.2) is 0 Å². The number of hydrogen-bond donors (Lipinski definition) is 1. The highest BCUT2D eigenvalue weighted by molar-refractivity contribution is 5.75. The molecule has 2 nitrogen and oxygen atoms in total. The van der Waals surface area contributed by atoms with Crippen LogP contribution in [0.5, 0.6) is 0 Å². The Balaban J connectivity index is 2.24. The molecule has 2 aliphatic carbocycles. The van der Waals surface area contributed by atoms with Gasteiger partial charge in [-0.2, -0.15) is 0 Å². The van der Waals surface area contributed by atoms with Gasteiger partial charge in [0.15, 0.2) is 0 Å². The van der Waals surface area contributed by atoms with E-state index in [1.165, 1.54) is 25.7 Å². The van der Waals surface area contributed by atoms with E-state index in [-0.39, 0.29) is 5.41 Å². The van der Waals surface area contributed by atoms with Crippen molar-refractivity contribution in [2.24, 2.45) is 17.3 Å². The average molecular weight is 210 g/mol. The van der Waals surface area contributed by atoms with E-state index >= 15 is 0 Å². The van der Waals surface area contributed by atoms with Crippen molar-refractivity contribution in [3.05, 3.63) is 0 Å². The van der Waals surface area contributed by atoms with Crippen LogP contribution >= 0.6 is 0 Å². The topological polar surface area (TPSA) is 37.3 Å². The van der Waals surface area contributed by atoms with E-state index in [1.54, 1.807) is 0 Å². The number of carboxylic acid groups (broad SMARTS) is 1. The van der Waals surface area contributed by atoms with Crippen LogP contribution in [0.3, 0.4) is 0 Å². The summed E-state index contributed by atoms with van der Waals surface area (Å²) in [5, 5.41) is 9.53. The molecule has 0 spiro atoms. The van der Waals surface area contributed by atoms with Crippen LogP contribution in [0.25, 0.3) is 0 Å². The van der Waals surface area contributed by atoms with Gasteiger partial charge in [-0.15, -0.1) is 0 Å². The number of carbonyl (C=O) groups is 1. The fraction of sp³-hybridized carbons (Fsp3) is 0.923. The highest BCUT2D eigenvalue weighted by Crippen LogP contribution is 2.52. The molecule has 3 unspecified atom stereocenters. The summed E-state index contributed by atoms with van der Waals surface area (Å²) < 4.78 is 0. The van der Waals surface area contributed by atoms with Crippen molar-refractivity contribution in [1.82, 2.24) is 0 Å². The van der Waals surface area contributed by atoms with E-state index in [0.29, 0.717) is 11.8 Å². The lowest BCUT2D eigenvalue weighted by Gasteiger charge is -2.47. The van der Waals surface area contributed by atoms with Crippen LogP contribution in [0.1, 0.15) is 58.3 Å². The van der Waals surface area contributed by atoms with Gasteiger partial charge in [0, 0.05) is 0 Å². The molecule has 2 aliphatic rings. The third-order valence-electron chi connectivity index (χ3n) is 4.87. The molecule has 15 heavy (non-hydrogen) atoms. The normalized spacial score (nSPS) is 40.9. The highest BCUT2D eigenvalue weighted by Gasteiger charge is 2.49. The molecule has 2 saturated carbocycles. The molecule has 0 aromatic rings. The molecule has 0 amide bonds. The number of fused-ring (bicyclic) bond motifs is 1. The van der Waals surface area contributed by atoms with Crippen molar-refractivity contribution in [3.8, 4) is 0 Å². The second-order valence-corrected chi connectivity index (χ2v) is 5.36. The minimum absolute atomic E-state index is 0.372. The van der Waals surface area contributed by atoms with Gasteiger partial charge in [-0.3, -0.25) is 4.79 Å². The Morgan fingerprint density at radius 2 is 1.93 bits per heavy atom. The van der Waals surface area contributed by atoms with Crippen LogP contribution < -0.4 is 0 Å². The summed E-state index contributed by atoms with van der Waals surface area (Å²) in [7, 11) is 0. The van der Waals surface area contributed by atoms with Crippen molar-refractivity contribution >= 4 is 5.97 Å². The molecule has 0 saturated heterocycles. The Hall–Kier alpha value is -0.530. The van der Waals surface area contributed by atoms with Gasteiger partial charge in [0.05, 0.1) is 5.41 Å². The van der Waals surface area contributed by atoms with Crippen LogP contribution in [0.4, 0.5) is 0 Å². The van der Waals surface area contributed by atoms with Crippen molar-refractivity contribution in [2.75, 3.05) is 0 Å². The first kappa shape index (κ1) is 11.0. The molecule has 3 atom stereocenters. The Bertz CT molecular complexity index is 247. The van der Waals surface area contributed by atoms with Gasteiger partial charge in [-0.1, -0.05) is 39.0 Å². The molecule has 2 fully saturated rings. The maximum Gasteiger partial charge on any atom is 0.309 e. The Labute approximate surface area is 92.1 Å². The quantitative estimate of drug-likeness (QED) is 0.758. The van der Waals surface area contributed by atoms with Gasteiger partial charge in [0.2, 0.25) is 0 Å². The fourth-order valence-corrected chi connectivity index (χ4v) is 4.00. The number of carboxylic acids is 1. The Morgan fingerprint density at radius 3 is 2.60 bits per heavy atom. The summed E-state index contributed by atoms with van der Waals surface area (Å²) in [5.41, 5.74) is -0.372. The Kier molecular flexibility index (Phi) is 3.03. The summed E-state index contributed by atoms with van der Waals surface area (Å²) in [4.78, 5) is 11.6. The molecular formula is C13H22O2. The summed E-state index contributed by atoms with van der Waals surface area (Å²) in [5.74, 6) is 0.660. The predicted octanol–water partition coefficient (Wildman–Crippen LogP) is 3.46. The smallest absolute Gasteiger partial charge is 0.309 e. The fourth-order valence-electron chi connectivity index (χ4n) is 4.00. The lowest BCUT2D eigenvalue weighted by Crippen LogP contribution is -2.46. The molecule has 0 heterocycles. The van der Waals surface area contributed by atoms with Gasteiger partial charge in [0.1, 0.15) is 0 Å². The van der Waals surface area contributed by atoms with E-state index < -0.39 is 5.97 Å². The minimum atomic E-state index is -0.526. The standard InChI is InChI=1S/C13H22O2/c1-2-13(12(14)15)9-5-7-10-6-3-4-8-11(10)13/h10-11H,2-9H2,1H3,(H,14,15). The first-order chi connectivity index (χ1) is 7.20. The van der Waals surface area contributed by atoms with Crippen LogP contribution in [0, 0.1) is 17.3 Å². The molecule has 0 aromatic heterocycles. The van der Waals surface area contributed by atoms with Gasteiger partial charge in [-0.25, -0.2) is 0 Å². The third-order valence-corrected chi connectivity index (χ3v) is 4.87. The average Bonchev–Trinajstić information content (AvgIpc) is 2.28. The summed E-state index contributed by atoms with van der Waals surface area (Å²) in [6, 6.07) is 0. The third kappa shape index (κ3) is 1.68. The van der Waals surface area contributed by atoms with Crippen LogP contribution in [0.2, 0.25) is 0 Å². The van der Waals surface area contributed by atoms with E-state index in [9.17, 15) is 9.90 Å². The number of hydrogen-bond acceptors (Lipinski definition) is 1. The lowest BCUT2D eigenvalue weighted by molar-refractivity contribution is -0.159. The summed E-state index contributed by atoms with van der Waals surface area (Å²) >= 11 is 0. The molecule has 0 aliphatic heterocycles. The molecule has 0 bridgehead atoms. The molecule has 86 valence electrons. The SMILES string of the molecule is CCC1(C(=O)O)CCCC2CCCCC21. The van der Waals surface area contributed by atoms with E-state index in [0.717, 1.165) is 25.7 Å². The van der Waals surface area contributed by atoms with E-state index in [1.807, 2.05) is 0 Å². The first-order valence-electron chi connectivity index (χ1n) is 6.44. The first-order valence-corrected chi connectivity index (χ1v) is 6.44. The van der Waals surface area contributed by atoms with Gasteiger partial charge < -0.3 is 5.11 Å². The monoisotopic (exact) mass is 210 g/mol. The van der Waals surface area contributed by atoms with Crippen LogP contribution in [-0.4, -0.2) is 11.1 Å². The van der Waals surface area contributed by atoms with Gasteiger partial charge in [-0.05, 0) is 31.1 Å². The molecule has 0 aromatic carbocycles. The number of aliphatic carboxylic acids is 1. The molecule has 1 N–H and O–H groups in total. The largest absolute Gasteiger partial charge is 0.481 e. The lowest BCUT2D eigenvalue weighted by atomic mass is 9.56. The zero-order valence-corrected chi connectivity index (χ0v) is 9.67. The van der Waals surface area contributed by atoms with E-state index in [4.69, 9.17) is 0 Å². The highest BCUT2D eigenvalue weighted by atomic mass is 16.4. The van der Waals surface area contributed by atoms with Crippen molar-refractivity contribution in [1.29, 1.82) is 0 Å². The van der Waals surface area contributed by atoms with Gasteiger partial charge in [0.25, 0.3) is 0 Å². The number of rotatable bonds is 2. The zero-order valence-electron chi connectivity index (χ0n) is 9.67. The maximum atomic E-state index is 11.6. The predicted molar refractivity (Wildman–Crippen MR) is 59.7 cm³/mol.